The normalized spacial score (nSPS) is 16.4. The minimum absolute atomic E-state index is 0.0339. The van der Waals surface area contributed by atoms with Crippen LogP contribution in [-0.2, 0) is 0 Å². The van der Waals surface area contributed by atoms with E-state index in [-0.39, 0.29) is 23.5 Å². The monoisotopic (exact) mass is 350 g/mol. The van der Waals surface area contributed by atoms with E-state index in [0.717, 1.165) is 18.4 Å². The fourth-order valence-corrected chi connectivity index (χ4v) is 2.81. The summed E-state index contributed by atoms with van der Waals surface area (Å²) < 4.78 is 19.5. The van der Waals surface area contributed by atoms with E-state index in [9.17, 15) is 9.65 Å². The van der Waals surface area contributed by atoms with Crippen LogP contribution >= 0.6 is 0 Å². The Kier molecular flexibility index (Phi) is 4.29. The minimum atomic E-state index is -0.319. The molecule has 0 bridgehead atoms. The summed E-state index contributed by atoms with van der Waals surface area (Å²) in [5.41, 5.74) is 0.135. The van der Waals surface area contributed by atoms with Crippen molar-refractivity contribution in [2.24, 2.45) is 0 Å². The van der Waals surface area contributed by atoms with Crippen LogP contribution in [0.5, 0.6) is 5.88 Å². The summed E-state index contributed by atoms with van der Waals surface area (Å²) in [6, 6.07) is 8.55. The van der Waals surface area contributed by atoms with Gasteiger partial charge in [0.15, 0.2) is 5.82 Å². The third-order valence-corrected chi connectivity index (χ3v) is 4.11. The van der Waals surface area contributed by atoms with Crippen molar-refractivity contribution >= 4 is 22.4 Å². The van der Waals surface area contributed by atoms with Crippen molar-refractivity contribution in [3.63, 3.8) is 0 Å². The van der Waals surface area contributed by atoms with Gasteiger partial charge >= 0.3 is 0 Å². The highest BCUT2D eigenvalue weighted by atomic mass is 19.1. The van der Waals surface area contributed by atoms with E-state index in [1.165, 1.54) is 18.5 Å². The molecule has 4 rings (SSSR count). The number of benzene rings is 1. The molecule has 1 aliphatic rings. The van der Waals surface area contributed by atoms with Crippen LogP contribution in [0.2, 0.25) is 0 Å². The van der Waals surface area contributed by atoms with Gasteiger partial charge in [-0.15, -0.1) is 0 Å². The highest BCUT2D eigenvalue weighted by Crippen LogP contribution is 2.23. The van der Waals surface area contributed by atoms with E-state index in [2.05, 4.69) is 25.6 Å². The third-order valence-electron chi connectivity index (χ3n) is 4.11. The molecule has 0 amide bonds. The smallest absolute Gasteiger partial charge is 0.253 e. The molecule has 26 heavy (non-hydrogen) atoms. The van der Waals surface area contributed by atoms with Gasteiger partial charge in [0.05, 0.1) is 6.20 Å². The molecule has 0 saturated carbocycles. The number of pyridine rings is 1. The topological polar surface area (TPSA) is 95.8 Å². The number of aromatic nitrogens is 3. The minimum Gasteiger partial charge on any atom is -0.471 e. The summed E-state index contributed by atoms with van der Waals surface area (Å²) >= 11 is 0. The van der Waals surface area contributed by atoms with Gasteiger partial charge in [-0.3, -0.25) is 0 Å². The van der Waals surface area contributed by atoms with Gasteiger partial charge in [0, 0.05) is 18.1 Å². The van der Waals surface area contributed by atoms with Crippen molar-refractivity contribution in [1.29, 1.82) is 5.26 Å². The van der Waals surface area contributed by atoms with Gasteiger partial charge < -0.3 is 15.4 Å². The van der Waals surface area contributed by atoms with Crippen molar-refractivity contribution < 1.29 is 9.13 Å². The third kappa shape index (κ3) is 3.25. The molecule has 2 aromatic heterocycles. The van der Waals surface area contributed by atoms with Crippen LogP contribution in [0.3, 0.4) is 0 Å². The summed E-state index contributed by atoms with van der Waals surface area (Å²) in [6.45, 7) is 1.58. The van der Waals surface area contributed by atoms with E-state index >= 15 is 0 Å². The molecule has 3 heterocycles. The van der Waals surface area contributed by atoms with Crippen molar-refractivity contribution in [2.75, 3.05) is 18.4 Å². The zero-order valence-electron chi connectivity index (χ0n) is 13.7. The number of fused-ring (bicyclic) bond motifs is 1. The average molecular weight is 350 g/mol. The number of rotatable bonds is 4. The van der Waals surface area contributed by atoms with Crippen molar-refractivity contribution in [3.05, 3.63) is 48.2 Å². The van der Waals surface area contributed by atoms with Crippen LogP contribution < -0.4 is 15.4 Å². The van der Waals surface area contributed by atoms with Crippen LogP contribution in [0.25, 0.3) is 10.8 Å². The zero-order chi connectivity index (χ0) is 17.9. The largest absolute Gasteiger partial charge is 0.471 e. The number of anilines is 2. The first kappa shape index (κ1) is 16.2. The Morgan fingerprint density at radius 3 is 3.00 bits per heavy atom. The lowest BCUT2D eigenvalue weighted by Gasteiger charge is -2.13. The molecule has 1 unspecified atom stereocenters. The zero-order valence-corrected chi connectivity index (χ0v) is 13.7. The van der Waals surface area contributed by atoms with Gasteiger partial charge in [-0.1, -0.05) is 12.1 Å². The number of hydrogen-bond donors (Lipinski definition) is 2. The molecule has 1 atom stereocenters. The molecule has 2 N–H and O–H groups in total. The highest BCUT2D eigenvalue weighted by molar-refractivity contribution is 5.84. The van der Waals surface area contributed by atoms with Gasteiger partial charge in [-0.05, 0) is 30.5 Å². The van der Waals surface area contributed by atoms with Crippen LogP contribution in [0, 0.1) is 17.1 Å². The molecule has 8 heteroatoms. The van der Waals surface area contributed by atoms with Gasteiger partial charge in [-0.2, -0.15) is 10.2 Å². The maximum Gasteiger partial charge on any atom is 0.253 e. The molecule has 0 spiro atoms. The molecule has 1 aliphatic heterocycles. The number of ether oxygens (including phenoxy) is 1. The molecule has 0 radical (unpaired) electrons. The first-order valence-corrected chi connectivity index (χ1v) is 8.19. The van der Waals surface area contributed by atoms with Gasteiger partial charge in [0.2, 0.25) is 5.69 Å². The number of hydrogen-bond acceptors (Lipinski definition) is 7. The standard InChI is InChI=1S/C18H15FN6O/c19-14-3-1-2-11-6-16(23-9-13(11)14)24-17-10-22-15(7-20)18(25-17)26-12-4-5-21-8-12/h1-3,6,9-10,12,21H,4-5,8H2,(H,23,24,25). The van der Waals surface area contributed by atoms with E-state index in [1.54, 1.807) is 18.2 Å². The molecule has 7 nitrogen and oxygen atoms in total. The molecular weight excluding hydrogens is 335 g/mol. The maximum absolute atomic E-state index is 13.7. The van der Waals surface area contributed by atoms with Gasteiger partial charge in [-0.25, -0.2) is 14.4 Å². The molecule has 3 aromatic rings. The van der Waals surface area contributed by atoms with Gasteiger partial charge in [0.25, 0.3) is 5.88 Å². The number of halogens is 1. The van der Waals surface area contributed by atoms with E-state index in [4.69, 9.17) is 4.74 Å². The quantitative estimate of drug-likeness (QED) is 0.746. The van der Waals surface area contributed by atoms with Crippen LogP contribution in [0.1, 0.15) is 12.1 Å². The Balaban J connectivity index is 1.60. The first-order chi connectivity index (χ1) is 12.7. The van der Waals surface area contributed by atoms with Crippen LogP contribution in [0.15, 0.2) is 36.7 Å². The lowest BCUT2D eigenvalue weighted by atomic mass is 10.1. The lowest BCUT2D eigenvalue weighted by Crippen LogP contribution is -2.21. The SMILES string of the molecule is N#Cc1ncc(Nc2cc3cccc(F)c3cn2)nc1OC1CCNC1. The van der Waals surface area contributed by atoms with Crippen LogP contribution in [-0.4, -0.2) is 34.1 Å². The second kappa shape index (κ2) is 6.90. The van der Waals surface area contributed by atoms with Crippen LogP contribution in [0.4, 0.5) is 16.0 Å². The van der Waals surface area contributed by atoms with E-state index < -0.39 is 0 Å². The second-order valence-corrected chi connectivity index (χ2v) is 5.91. The summed E-state index contributed by atoms with van der Waals surface area (Å²) in [5.74, 6) is 0.766. The Morgan fingerprint density at radius 2 is 2.19 bits per heavy atom. The van der Waals surface area contributed by atoms with Crippen molar-refractivity contribution in [1.82, 2.24) is 20.3 Å². The number of nitrogens with zero attached hydrogens (tertiary/aromatic N) is 4. The fourth-order valence-electron chi connectivity index (χ4n) is 2.81. The Hall–Kier alpha value is -3.31. The predicted molar refractivity (Wildman–Crippen MR) is 93.6 cm³/mol. The Labute approximate surface area is 148 Å². The Bertz CT molecular complexity index is 997. The van der Waals surface area contributed by atoms with Crippen molar-refractivity contribution in [2.45, 2.75) is 12.5 Å². The second-order valence-electron chi connectivity index (χ2n) is 5.91. The maximum atomic E-state index is 13.7. The summed E-state index contributed by atoms with van der Waals surface area (Å²) in [5, 5.41) is 16.6. The predicted octanol–water partition coefficient (Wildman–Crippen LogP) is 2.52. The lowest BCUT2D eigenvalue weighted by molar-refractivity contribution is 0.212. The molecule has 130 valence electrons. The summed E-state index contributed by atoms with van der Waals surface area (Å²) in [4.78, 5) is 12.6. The Morgan fingerprint density at radius 1 is 1.27 bits per heavy atom. The highest BCUT2D eigenvalue weighted by Gasteiger charge is 2.19. The molecule has 1 fully saturated rings. The van der Waals surface area contributed by atoms with Crippen molar-refractivity contribution in [3.8, 4) is 11.9 Å². The molecular formula is C18H15FN6O. The van der Waals surface area contributed by atoms with Gasteiger partial charge in [0.1, 0.15) is 23.8 Å². The molecule has 1 saturated heterocycles. The number of nitrogens with one attached hydrogen (secondary N) is 2. The molecule has 1 aromatic carbocycles. The fraction of sp³-hybridized carbons (Fsp3) is 0.222. The first-order valence-electron chi connectivity index (χ1n) is 8.19. The number of nitriles is 1. The van der Waals surface area contributed by atoms with E-state index in [0.29, 0.717) is 23.6 Å². The summed E-state index contributed by atoms with van der Waals surface area (Å²) in [7, 11) is 0. The molecule has 0 aliphatic carbocycles. The average Bonchev–Trinajstić information content (AvgIpc) is 3.15. The van der Waals surface area contributed by atoms with E-state index in [1.807, 2.05) is 6.07 Å². The summed E-state index contributed by atoms with van der Waals surface area (Å²) in [6.07, 6.45) is 3.72.